The van der Waals surface area contributed by atoms with Gasteiger partial charge in [0.1, 0.15) is 4.88 Å². The lowest BCUT2D eigenvalue weighted by Gasteiger charge is -2.05. The fourth-order valence-corrected chi connectivity index (χ4v) is 1.97. The van der Waals surface area contributed by atoms with E-state index in [2.05, 4.69) is 26.7 Å². The molecule has 1 aromatic heterocycles. The van der Waals surface area contributed by atoms with Crippen LogP contribution < -0.4 is 5.32 Å². The first-order chi connectivity index (χ1) is 9.70. The van der Waals surface area contributed by atoms with Crippen LogP contribution in [-0.4, -0.2) is 27.2 Å². The van der Waals surface area contributed by atoms with Crippen molar-refractivity contribution in [3.05, 3.63) is 40.4 Å². The summed E-state index contributed by atoms with van der Waals surface area (Å²) in [7, 11) is 0. The number of amides is 1. The maximum Gasteiger partial charge on any atom is 0.269 e. The zero-order chi connectivity index (χ0) is 14.4. The number of aromatic nitrogens is 2. The van der Waals surface area contributed by atoms with Crippen molar-refractivity contribution in [3.63, 3.8) is 0 Å². The molecule has 1 amide bonds. The van der Waals surface area contributed by atoms with Gasteiger partial charge in [-0.25, -0.2) is 0 Å². The lowest BCUT2D eigenvalue weighted by molar-refractivity contribution is 0.103. The predicted molar refractivity (Wildman–Crippen MR) is 77.6 cm³/mol. The molecule has 1 aromatic carbocycles. The highest BCUT2D eigenvalue weighted by molar-refractivity contribution is 7.07. The second-order valence-corrected chi connectivity index (χ2v) is 4.83. The first-order valence-corrected chi connectivity index (χ1v) is 6.77. The van der Waals surface area contributed by atoms with Crippen LogP contribution in [0.3, 0.4) is 0 Å². The van der Waals surface area contributed by atoms with E-state index >= 15 is 0 Å². The molecule has 2 rings (SSSR count). The monoisotopic (exact) mass is 287 g/mol. The number of hydrogen-bond donors (Lipinski definition) is 2. The topological polar surface area (TPSA) is 75.1 Å². The van der Waals surface area contributed by atoms with Gasteiger partial charge in [0.05, 0.1) is 12.8 Å². The molecule has 0 aliphatic rings. The Hall–Kier alpha value is -2.23. The van der Waals surface area contributed by atoms with E-state index in [9.17, 15) is 4.79 Å². The van der Waals surface area contributed by atoms with Crippen LogP contribution in [0, 0.1) is 18.8 Å². The highest BCUT2D eigenvalue weighted by atomic mass is 32.1. The maximum atomic E-state index is 11.8. The minimum Gasteiger partial charge on any atom is -0.395 e. The number of benzene rings is 1. The number of nitrogens with zero attached hydrogens (tertiary/aromatic N) is 2. The van der Waals surface area contributed by atoms with Gasteiger partial charge in [0.15, 0.2) is 0 Å². The molecule has 0 saturated heterocycles. The quantitative estimate of drug-likeness (QED) is 0.845. The number of carbonyl (C=O) groups is 1. The SMILES string of the molecule is Cc1cc(NC(=O)c2cnns2)ccc1C#CCCO. The molecule has 20 heavy (non-hydrogen) atoms. The number of aliphatic hydroxyl groups is 1. The molecule has 0 saturated carbocycles. The molecule has 2 aromatic rings. The summed E-state index contributed by atoms with van der Waals surface area (Å²) in [4.78, 5) is 12.3. The minimum atomic E-state index is -0.224. The first kappa shape index (κ1) is 14.2. The Kier molecular flexibility index (Phi) is 4.82. The number of anilines is 1. The summed E-state index contributed by atoms with van der Waals surface area (Å²) >= 11 is 1.05. The van der Waals surface area contributed by atoms with E-state index in [0.29, 0.717) is 17.0 Å². The molecule has 0 unspecified atom stereocenters. The second kappa shape index (κ2) is 6.80. The van der Waals surface area contributed by atoms with Crippen LogP contribution in [0.1, 0.15) is 27.2 Å². The Morgan fingerprint density at radius 1 is 1.50 bits per heavy atom. The summed E-state index contributed by atoms with van der Waals surface area (Å²) in [6, 6.07) is 5.50. The third kappa shape index (κ3) is 3.63. The molecule has 0 aliphatic carbocycles. The van der Waals surface area contributed by atoms with Gasteiger partial charge in [0.25, 0.3) is 5.91 Å². The summed E-state index contributed by atoms with van der Waals surface area (Å²) in [5.41, 5.74) is 2.56. The van der Waals surface area contributed by atoms with E-state index in [1.807, 2.05) is 19.1 Å². The molecule has 1 heterocycles. The largest absolute Gasteiger partial charge is 0.395 e. The molecule has 2 N–H and O–H groups in total. The normalized spacial score (nSPS) is 9.70. The molecule has 0 aliphatic heterocycles. The molecule has 5 nitrogen and oxygen atoms in total. The molecule has 0 radical (unpaired) electrons. The fraction of sp³-hybridized carbons (Fsp3) is 0.214. The van der Waals surface area contributed by atoms with Gasteiger partial charge in [-0.3, -0.25) is 4.79 Å². The molecular formula is C14H13N3O2S. The minimum absolute atomic E-state index is 0.0586. The third-order valence-electron chi connectivity index (χ3n) is 2.53. The first-order valence-electron chi connectivity index (χ1n) is 6.00. The van der Waals surface area contributed by atoms with Crippen LogP contribution in [-0.2, 0) is 0 Å². The fourth-order valence-electron chi connectivity index (χ4n) is 1.56. The van der Waals surface area contributed by atoms with Gasteiger partial charge in [-0.05, 0) is 42.2 Å². The van der Waals surface area contributed by atoms with Crippen molar-refractivity contribution in [2.75, 3.05) is 11.9 Å². The predicted octanol–water partition coefficient (Wildman–Crippen LogP) is 1.83. The van der Waals surface area contributed by atoms with Crippen LogP contribution >= 0.6 is 11.5 Å². The van der Waals surface area contributed by atoms with Crippen LogP contribution in [0.4, 0.5) is 5.69 Å². The van der Waals surface area contributed by atoms with Gasteiger partial charge < -0.3 is 10.4 Å². The Balaban J connectivity index is 2.10. The average molecular weight is 287 g/mol. The van der Waals surface area contributed by atoms with Gasteiger partial charge in [-0.2, -0.15) is 0 Å². The Bertz CT molecular complexity index is 657. The number of rotatable bonds is 3. The molecule has 0 bridgehead atoms. The van der Waals surface area contributed by atoms with Crippen molar-refractivity contribution in [2.45, 2.75) is 13.3 Å². The highest BCUT2D eigenvalue weighted by Gasteiger charge is 2.09. The second-order valence-electron chi connectivity index (χ2n) is 4.04. The standard InChI is InChI=1S/C14H13N3O2S/c1-10-8-12(6-5-11(10)4-2-3-7-18)16-14(19)13-9-15-17-20-13/h5-6,8-9,18H,3,7H2,1H3,(H,16,19). The van der Waals surface area contributed by atoms with E-state index in [0.717, 1.165) is 22.7 Å². The van der Waals surface area contributed by atoms with Crippen molar-refractivity contribution >= 4 is 23.1 Å². The lowest BCUT2D eigenvalue weighted by Crippen LogP contribution is -2.10. The smallest absolute Gasteiger partial charge is 0.269 e. The average Bonchev–Trinajstić information content (AvgIpc) is 2.95. The zero-order valence-electron chi connectivity index (χ0n) is 10.9. The van der Waals surface area contributed by atoms with Crippen molar-refractivity contribution < 1.29 is 9.90 Å². The third-order valence-corrected chi connectivity index (χ3v) is 3.19. The number of aliphatic hydroxyl groups excluding tert-OH is 1. The van der Waals surface area contributed by atoms with E-state index in [-0.39, 0.29) is 12.5 Å². The summed E-state index contributed by atoms with van der Waals surface area (Å²) in [5.74, 6) is 5.63. The van der Waals surface area contributed by atoms with E-state index in [1.165, 1.54) is 6.20 Å². The van der Waals surface area contributed by atoms with Gasteiger partial charge >= 0.3 is 0 Å². The van der Waals surface area contributed by atoms with Gasteiger partial charge in [0, 0.05) is 17.7 Å². The van der Waals surface area contributed by atoms with Gasteiger partial charge in [-0.15, -0.1) is 5.10 Å². The molecule has 102 valence electrons. The highest BCUT2D eigenvalue weighted by Crippen LogP contribution is 2.16. The van der Waals surface area contributed by atoms with Gasteiger partial charge in [-0.1, -0.05) is 16.3 Å². The molecular weight excluding hydrogens is 274 g/mol. The number of hydrogen-bond acceptors (Lipinski definition) is 5. The van der Waals surface area contributed by atoms with Gasteiger partial charge in [0.2, 0.25) is 0 Å². The zero-order valence-corrected chi connectivity index (χ0v) is 11.7. The summed E-state index contributed by atoms with van der Waals surface area (Å²) in [6.45, 7) is 1.98. The Morgan fingerprint density at radius 2 is 2.35 bits per heavy atom. The van der Waals surface area contributed by atoms with Crippen LogP contribution in [0.25, 0.3) is 0 Å². The van der Waals surface area contributed by atoms with Crippen molar-refractivity contribution in [1.29, 1.82) is 0 Å². The van der Waals surface area contributed by atoms with Crippen LogP contribution in [0.5, 0.6) is 0 Å². The van der Waals surface area contributed by atoms with Crippen LogP contribution in [0.15, 0.2) is 24.4 Å². The molecule has 6 heteroatoms. The summed E-state index contributed by atoms with van der Waals surface area (Å²) in [6.07, 6.45) is 1.89. The lowest BCUT2D eigenvalue weighted by atomic mass is 10.1. The number of nitrogens with one attached hydrogen (secondary N) is 1. The number of aryl methyl sites for hydroxylation is 1. The Labute approximate surface area is 120 Å². The van der Waals surface area contributed by atoms with Crippen molar-refractivity contribution in [1.82, 2.24) is 9.59 Å². The van der Waals surface area contributed by atoms with E-state index in [1.54, 1.807) is 6.07 Å². The summed E-state index contributed by atoms with van der Waals surface area (Å²) < 4.78 is 3.65. The van der Waals surface area contributed by atoms with Crippen LogP contribution in [0.2, 0.25) is 0 Å². The maximum absolute atomic E-state index is 11.8. The van der Waals surface area contributed by atoms with E-state index in [4.69, 9.17) is 5.11 Å². The Morgan fingerprint density at radius 3 is 3.00 bits per heavy atom. The molecule has 0 spiro atoms. The van der Waals surface area contributed by atoms with Crippen molar-refractivity contribution in [2.24, 2.45) is 0 Å². The molecule has 0 atom stereocenters. The van der Waals surface area contributed by atoms with E-state index < -0.39 is 0 Å². The summed E-state index contributed by atoms with van der Waals surface area (Å²) in [5, 5.41) is 15.1. The molecule has 0 fully saturated rings. The van der Waals surface area contributed by atoms with Crippen molar-refractivity contribution in [3.8, 4) is 11.8 Å². The number of carbonyl (C=O) groups excluding carboxylic acids is 1.